The van der Waals surface area contributed by atoms with Crippen LogP contribution in [0.2, 0.25) is 0 Å². The highest BCUT2D eigenvalue weighted by molar-refractivity contribution is 5.27. The summed E-state index contributed by atoms with van der Waals surface area (Å²) in [5, 5.41) is 0. The molecule has 1 atom stereocenters. The van der Waals surface area contributed by atoms with Gasteiger partial charge in [-0.1, -0.05) is 12.1 Å². The molecule has 0 saturated heterocycles. The Kier molecular flexibility index (Phi) is 4.05. The van der Waals surface area contributed by atoms with E-state index in [4.69, 9.17) is 10.5 Å². The Balaban J connectivity index is 2.95. The van der Waals surface area contributed by atoms with Crippen LogP contribution in [0.15, 0.2) is 18.2 Å². The van der Waals surface area contributed by atoms with Crippen molar-refractivity contribution >= 4 is 0 Å². The number of benzene rings is 1. The Morgan fingerprint density at radius 3 is 2.56 bits per heavy atom. The van der Waals surface area contributed by atoms with Gasteiger partial charge < -0.3 is 10.5 Å². The van der Waals surface area contributed by atoms with Gasteiger partial charge in [0.1, 0.15) is 5.82 Å². The molecule has 0 aliphatic carbocycles. The third-order valence-electron chi connectivity index (χ3n) is 2.81. The SMILES string of the molecule is CCOC(C)(C)C(N)c1ccc(F)c(C)c1. The van der Waals surface area contributed by atoms with Gasteiger partial charge in [-0.3, -0.25) is 0 Å². The molecule has 90 valence electrons. The van der Waals surface area contributed by atoms with E-state index in [0.29, 0.717) is 12.2 Å². The van der Waals surface area contributed by atoms with E-state index >= 15 is 0 Å². The van der Waals surface area contributed by atoms with Crippen LogP contribution in [0.3, 0.4) is 0 Å². The fourth-order valence-corrected chi connectivity index (χ4v) is 1.72. The van der Waals surface area contributed by atoms with Crippen molar-refractivity contribution < 1.29 is 9.13 Å². The monoisotopic (exact) mass is 225 g/mol. The van der Waals surface area contributed by atoms with Gasteiger partial charge in [-0.05, 0) is 44.9 Å². The summed E-state index contributed by atoms with van der Waals surface area (Å²) in [6, 6.07) is 4.69. The molecule has 2 nitrogen and oxygen atoms in total. The molecule has 0 amide bonds. The maximum absolute atomic E-state index is 13.1. The quantitative estimate of drug-likeness (QED) is 0.855. The molecule has 0 bridgehead atoms. The lowest BCUT2D eigenvalue weighted by molar-refractivity contribution is -0.0298. The topological polar surface area (TPSA) is 35.2 Å². The van der Waals surface area contributed by atoms with Crippen molar-refractivity contribution in [3.63, 3.8) is 0 Å². The molecular formula is C13H20FNO. The van der Waals surface area contributed by atoms with Crippen molar-refractivity contribution in [1.82, 2.24) is 0 Å². The average Bonchev–Trinajstić information content (AvgIpc) is 2.21. The molecule has 0 spiro atoms. The Labute approximate surface area is 96.6 Å². The number of hydrogen-bond acceptors (Lipinski definition) is 2. The summed E-state index contributed by atoms with van der Waals surface area (Å²) in [7, 11) is 0. The van der Waals surface area contributed by atoms with Crippen molar-refractivity contribution in [1.29, 1.82) is 0 Å². The second kappa shape index (κ2) is 4.93. The fourth-order valence-electron chi connectivity index (χ4n) is 1.72. The minimum Gasteiger partial charge on any atom is -0.374 e. The minimum absolute atomic E-state index is 0.204. The molecule has 0 heterocycles. The van der Waals surface area contributed by atoms with Crippen molar-refractivity contribution in [2.75, 3.05) is 6.61 Å². The normalized spacial score (nSPS) is 13.9. The Morgan fingerprint density at radius 1 is 1.44 bits per heavy atom. The van der Waals surface area contributed by atoms with E-state index in [0.717, 1.165) is 5.56 Å². The van der Waals surface area contributed by atoms with Gasteiger partial charge in [0.25, 0.3) is 0 Å². The smallest absolute Gasteiger partial charge is 0.126 e. The van der Waals surface area contributed by atoms with Gasteiger partial charge in [-0.2, -0.15) is 0 Å². The van der Waals surface area contributed by atoms with Gasteiger partial charge in [0, 0.05) is 6.61 Å². The molecule has 2 N–H and O–H groups in total. The largest absolute Gasteiger partial charge is 0.374 e. The van der Waals surface area contributed by atoms with Crippen LogP contribution in [-0.2, 0) is 4.74 Å². The van der Waals surface area contributed by atoms with Gasteiger partial charge in [-0.25, -0.2) is 4.39 Å². The standard InChI is InChI=1S/C13H20FNO/c1-5-16-13(3,4)12(15)10-6-7-11(14)9(2)8-10/h6-8,12H,5,15H2,1-4H3. The van der Waals surface area contributed by atoms with Crippen LogP contribution in [-0.4, -0.2) is 12.2 Å². The summed E-state index contributed by atoms with van der Waals surface area (Å²) in [5.41, 5.74) is 7.20. The highest BCUT2D eigenvalue weighted by Gasteiger charge is 2.28. The summed E-state index contributed by atoms with van der Waals surface area (Å²) >= 11 is 0. The maximum atomic E-state index is 13.1. The van der Waals surface area contributed by atoms with Gasteiger partial charge in [-0.15, -0.1) is 0 Å². The van der Waals surface area contributed by atoms with E-state index in [-0.39, 0.29) is 11.9 Å². The molecule has 0 aliphatic heterocycles. The van der Waals surface area contributed by atoms with E-state index < -0.39 is 5.60 Å². The van der Waals surface area contributed by atoms with Crippen LogP contribution < -0.4 is 5.73 Å². The molecule has 0 aromatic heterocycles. The zero-order valence-corrected chi connectivity index (χ0v) is 10.4. The summed E-state index contributed by atoms with van der Waals surface area (Å²) in [6.07, 6.45) is 0. The zero-order chi connectivity index (χ0) is 12.3. The Morgan fingerprint density at radius 2 is 2.06 bits per heavy atom. The fraction of sp³-hybridized carbons (Fsp3) is 0.538. The number of rotatable bonds is 4. The van der Waals surface area contributed by atoms with E-state index in [2.05, 4.69) is 0 Å². The predicted molar refractivity (Wildman–Crippen MR) is 63.8 cm³/mol. The van der Waals surface area contributed by atoms with Crippen LogP contribution in [0.25, 0.3) is 0 Å². The first-order chi connectivity index (χ1) is 7.38. The third kappa shape index (κ3) is 2.80. The van der Waals surface area contributed by atoms with Gasteiger partial charge >= 0.3 is 0 Å². The summed E-state index contributed by atoms with van der Waals surface area (Å²) in [6.45, 7) is 8.17. The van der Waals surface area contributed by atoms with E-state index in [1.807, 2.05) is 20.8 Å². The maximum Gasteiger partial charge on any atom is 0.126 e. The van der Waals surface area contributed by atoms with E-state index in [1.165, 1.54) is 6.07 Å². The van der Waals surface area contributed by atoms with Gasteiger partial charge in [0.05, 0.1) is 11.6 Å². The number of hydrogen-bond donors (Lipinski definition) is 1. The molecule has 3 heteroatoms. The third-order valence-corrected chi connectivity index (χ3v) is 2.81. The van der Waals surface area contributed by atoms with Crippen molar-refractivity contribution in [3.05, 3.63) is 35.1 Å². The zero-order valence-electron chi connectivity index (χ0n) is 10.4. The highest BCUT2D eigenvalue weighted by atomic mass is 19.1. The summed E-state index contributed by atoms with van der Waals surface area (Å²) < 4.78 is 18.7. The number of ether oxygens (including phenoxy) is 1. The summed E-state index contributed by atoms with van der Waals surface area (Å²) in [4.78, 5) is 0. The second-order valence-corrected chi connectivity index (χ2v) is 4.52. The molecular weight excluding hydrogens is 205 g/mol. The predicted octanol–water partition coefficient (Wildman–Crippen LogP) is 2.95. The molecule has 0 saturated carbocycles. The minimum atomic E-state index is -0.445. The lowest BCUT2D eigenvalue weighted by Crippen LogP contribution is -2.38. The number of halogens is 1. The molecule has 1 unspecified atom stereocenters. The first kappa shape index (κ1) is 13.1. The van der Waals surface area contributed by atoms with Crippen molar-refractivity contribution in [3.8, 4) is 0 Å². The second-order valence-electron chi connectivity index (χ2n) is 4.52. The number of aryl methyl sites for hydroxylation is 1. The van der Waals surface area contributed by atoms with Crippen LogP contribution in [0.5, 0.6) is 0 Å². The van der Waals surface area contributed by atoms with E-state index in [9.17, 15) is 4.39 Å². The molecule has 1 rings (SSSR count). The van der Waals surface area contributed by atoms with Crippen LogP contribution in [0, 0.1) is 12.7 Å². The Bertz CT molecular complexity index is 363. The van der Waals surface area contributed by atoms with E-state index in [1.54, 1.807) is 19.1 Å². The average molecular weight is 225 g/mol. The Hall–Kier alpha value is -0.930. The van der Waals surface area contributed by atoms with Crippen molar-refractivity contribution in [2.24, 2.45) is 5.73 Å². The molecule has 1 aromatic rings. The highest BCUT2D eigenvalue weighted by Crippen LogP contribution is 2.27. The molecule has 0 aliphatic rings. The first-order valence-corrected chi connectivity index (χ1v) is 5.54. The van der Waals surface area contributed by atoms with Crippen molar-refractivity contribution in [2.45, 2.75) is 39.3 Å². The summed E-state index contributed by atoms with van der Waals surface area (Å²) in [5.74, 6) is -0.204. The van der Waals surface area contributed by atoms with Gasteiger partial charge in [0.15, 0.2) is 0 Å². The molecule has 1 aromatic carbocycles. The van der Waals surface area contributed by atoms with Crippen LogP contribution in [0.4, 0.5) is 4.39 Å². The van der Waals surface area contributed by atoms with Gasteiger partial charge in [0.2, 0.25) is 0 Å². The van der Waals surface area contributed by atoms with Crippen LogP contribution >= 0.6 is 0 Å². The number of nitrogens with two attached hydrogens (primary N) is 1. The molecule has 0 radical (unpaired) electrons. The molecule has 0 fully saturated rings. The molecule has 16 heavy (non-hydrogen) atoms. The lowest BCUT2D eigenvalue weighted by atomic mass is 9.91. The van der Waals surface area contributed by atoms with Crippen LogP contribution in [0.1, 0.15) is 37.9 Å². The lowest BCUT2D eigenvalue weighted by Gasteiger charge is -2.31. The first-order valence-electron chi connectivity index (χ1n) is 5.54.